The predicted octanol–water partition coefficient (Wildman–Crippen LogP) is 2.09. The van der Waals surface area contributed by atoms with Crippen LogP contribution in [0.5, 0.6) is 0 Å². The molecule has 0 bridgehead atoms. The van der Waals surface area contributed by atoms with Crippen molar-refractivity contribution in [2.45, 2.75) is 26.4 Å². The van der Waals surface area contributed by atoms with Gasteiger partial charge in [0.05, 0.1) is 6.54 Å². The van der Waals surface area contributed by atoms with Gasteiger partial charge in [-0.15, -0.1) is 11.3 Å². The van der Waals surface area contributed by atoms with Crippen molar-refractivity contribution in [1.82, 2.24) is 9.80 Å². The molecule has 0 N–H and O–H groups in total. The molecule has 1 aromatic rings. The van der Waals surface area contributed by atoms with Crippen molar-refractivity contribution < 1.29 is 9.59 Å². The minimum atomic E-state index is -0.389. The SMILES string of the molecule is CC(C)N1CCN(Cc2cc(Br)cs2)C(=O)C1=O. The fourth-order valence-electron chi connectivity index (χ4n) is 1.96. The zero-order valence-corrected chi connectivity index (χ0v) is 12.8. The lowest BCUT2D eigenvalue weighted by atomic mass is 10.2. The average Bonchev–Trinajstić information content (AvgIpc) is 2.70. The fourth-order valence-corrected chi connectivity index (χ4v) is 3.42. The highest BCUT2D eigenvalue weighted by atomic mass is 79.9. The molecule has 4 nitrogen and oxygen atoms in total. The molecule has 0 atom stereocenters. The van der Waals surface area contributed by atoms with Gasteiger partial charge in [-0.2, -0.15) is 0 Å². The van der Waals surface area contributed by atoms with E-state index in [1.165, 1.54) is 0 Å². The summed E-state index contributed by atoms with van der Waals surface area (Å²) in [4.78, 5) is 28.2. The van der Waals surface area contributed by atoms with Gasteiger partial charge in [0, 0.05) is 33.9 Å². The Labute approximate surface area is 119 Å². The van der Waals surface area contributed by atoms with Crippen LogP contribution in [0.25, 0.3) is 0 Å². The Morgan fingerprint density at radius 1 is 1.33 bits per heavy atom. The van der Waals surface area contributed by atoms with E-state index in [9.17, 15) is 9.59 Å². The normalized spacial score (nSPS) is 16.9. The number of thiophene rings is 1. The Morgan fingerprint density at radius 2 is 2.06 bits per heavy atom. The summed E-state index contributed by atoms with van der Waals surface area (Å²) in [5.41, 5.74) is 0. The number of rotatable bonds is 3. The van der Waals surface area contributed by atoms with Crippen molar-refractivity contribution in [1.29, 1.82) is 0 Å². The summed E-state index contributed by atoms with van der Waals surface area (Å²) in [7, 11) is 0. The van der Waals surface area contributed by atoms with Crippen LogP contribution in [0, 0.1) is 0 Å². The Morgan fingerprint density at radius 3 is 2.61 bits per heavy atom. The van der Waals surface area contributed by atoms with Crippen molar-refractivity contribution >= 4 is 39.1 Å². The first-order valence-electron chi connectivity index (χ1n) is 5.82. The fraction of sp³-hybridized carbons (Fsp3) is 0.500. The topological polar surface area (TPSA) is 40.6 Å². The zero-order chi connectivity index (χ0) is 13.3. The van der Waals surface area contributed by atoms with Gasteiger partial charge in [0.25, 0.3) is 0 Å². The maximum Gasteiger partial charge on any atom is 0.312 e. The summed E-state index contributed by atoms with van der Waals surface area (Å²) in [6.45, 7) is 5.61. The van der Waals surface area contributed by atoms with Crippen LogP contribution < -0.4 is 0 Å². The van der Waals surface area contributed by atoms with Crippen LogP contribution in [0.2, 0.25) is 0 Å². The predicted molar refractivity (Wildman–Crippen MR) is 74.3 cm³/mol. The molecular formula is C12H15BrN2O2S. The second kappa shape index (κ2) is 5.40. The number of hydrogen-bond donors (Lipinski definition) is 0. The highest BCUT2D eigenvalue weighted by Gasteiger charge is 2.33. The Hall–Kier alpha value is -0.880. The van der Waals surface area contributed by atoms with Crippen LogP contribution in [0.3, 0.4) is 0 Å². The number of carbonyl (C=O) groups excluding carboxylic acids is 2. The highest BCUT2D eigenvalue weighted by Crippen LogP contribution is 2.22. The van der Waals surface area contributed by atoms with Crippen molar-refractivity contribution in [3.05, 3.63) is 20.8 Å². The molecule has 98 valence electrons. The quantitative estimate of drug-likeness (QED) is 0.796. The van der Waals surface area contributed by atoms with Crippen LogP contribution in [0.15, 0.2) is 15.9 Å². The number of nitrogens with zero attached hydrogens (tertiary/aromatic N) is 2. The van der Waals surface area contributed by atoms with Gasteiger partial charge in [-0.1, -0.05) is 0 Å². The van der Waals surface area contributed by atoms with Crippen LogP contribution in [-0.2, 0) is 16.1 Å². The average molecular weight is 331 g/mol. The van der Waals surface area contributed by atoms with Gasteiger partial charge in [-0.25, -0.2) is 0 Å². The van der Waals surface area contributed by atoms with E-state index in [0.29, 0.717) is 19.6 Å². The molecule has 6 heteroatoms. The van der Waals surface area contributed by atoms with E-state index >= 15 is 0 Å². The molecule has 0 saturated carbocycles. The molecule has 0 spiro atoms. The molecule has 0 aromatic carbocycles. The van der Waals surface area contributed by atoms with Crippen molar-refractivity contribution in [3.63, 3.8) is 0 Å². The van der Waals surface area contributed by atoms with Crippen LogP contribution in [0.4, 0.5) is 0 Å². The first-order valence-corrected chi connectivity index (χ1v) is 7.49. The molecule has 18 heavy (non-hydrogen) atoms. The molecule has 2 heterocycles. The van der Waals surface area contributed by atoms with E-state index in [1.54, 1.807) is 21.1 Å². The van der Waals surface area contributed by atoms with Gasteiger partial charge in [-0.05, 0) is 35.8 Å². The lowest BCUT2D eigenvalue weighted by Crippen LogP contribution is -2.55. The van der Waals surface area contributed by atoms with Gasteiger partial charge in [-0.3, -0.25) is 9.59 Å². The standard InChI is InChI=1S/C12H15BrN2O2S/c1-8(2)15-4-3-14(11(16)12(15)17)6-10-5-9(13)7-18-10/h5,7-8H,3-4,6H2,1-2H3. The molecule has 0 aliphatic carbocycles. The highest BCUT2D eigenvalue weighted by molar-refractivity contribution is 9.10. The summed E-state index contributed by atoms with van der Waals surface area (Å²) in [5, 5.41) is 1.98. The number of hydrogen-bond acceptors (Lipinski definition) is 3. The minimum absolute atomic E-state index is 0.0829. The molecule has 1 aliphatic heterocycles. The number of amides is 2. The zero-order valence-electron chi connectivity index (χ0n) is 10.4. The van der Waals surface area contributed by atoms with E-state index < -0.39 is 0 Å². The summed E-state index contributed by atoms with van der Waals surface area (Å²) >= 11 is 4.97. The molecular weight excluding hydrogens is 316 g/mol. The smallest absolute Gasteiger partial charge is 0.312 e. The molecule has 0 radical (unpaired) electrons. The third kappa shape index (κ3) is 2.75. The van der Waals surface area contributed by atoms with E-state index in [2.05, 4.69) is 15.9 Å². The molecule has 2 amide bonds. The molecule has 1 aliphatic rings. The second-order valence-electron chi connectivity index (χ2n) is 4.55. The van der Waals surface area contributed by atoms with Crippen LogP contribution in [-0.4, -0.2) is 40.7 Å². The minimum Gasteiger partial charge on any atom is -0.330 e. The third-order valence-electron chi connectivity index (χ3n) is 2.93. The second-order valence-corrected chi connectivity index (χ2v) is 6.46. The largest absolute Gasteiger partial charge is 0.330 e. The summed E-state index contributed by atoms with van der Waals surface area (Å²) in [5.74, 6) is -0.772. The Bertz CT molecular complexity index is 472. The van der Waals surface area contributed by atoms with Crippen molar-refractivity contribution in [2.24, 2.45) is 0 Å². The van der Waals surface area contributed by atoms with Gasteiger partial charge < -0.3 is 9.80 Å². The lowest BCUT2D eigenvalue weighted by Gasteiger charge is -2.35. The Kier molecular flexibility index (Phi) is 4.07. The number of piperazine rings is 1. The van der Waals surface area contributed by atoms with Gasteiger partial charge in [0.15, 0.2) is 0 Å². The monoisotopic (exact) mass is 330 g/mol. The maximum absolute atomic E-state index is 12.0. The Balaban J connectivity index is 2.04. The maximum atomic E-state index is 12.0. The van der Waals surface area contributed by atoms with Gasteiger partial charge in [0.2, 0.25) is 0 Å². The number of carbonyl (C=O) groups is 2. The first kappa shape index (κ1) is 13.5. The van der Waals surface area contributed by atoms with Crippen molar-refractivity contribution in [3.8, 4) is 0 Å². The first-order chi connectivity index (χ1) is 8.49. The molecule has 1 saturated heterocycles. The van der Waals surface area contributed by atoms with Crippen molar-refractivity contribution in [2.75, 3.05) is 13.1 Å². The summed E-state index contributed by atoms with van der Waals surface area (Å²) in [6.07, 6.45) is 0. The van der Waals surface area contributed by atoms with E-state index in [1.807, 2.05) is 25.3 Å². The molecule has 1 aromatic heterocycles. The molecule has 1 fully saturated rings. The van der Waals surface area contributed by atoms with Crippen LogP contribution >= 0.6 is 27.3 Å². The summed E-state index contributed by atoms with van der Waals surface area (Å²) < 4.78 is 1.02. The number of halogens is 1. The van der Waals surface area contributed by atoms with Gasteiger partial charge >= 0.3 is 11.8 Å². The van der Waals surface area contributed by atoms with E-state index in [4.69, 9.17) is 0 Å². The van der Waals surface area contributed by atoms with Gasteiger partial charge in [0.1, 0.15) is 0 Å². The van der Waals surface area contributed by atoms with E-state index in [0.717, 1.165) is 9.35 Å². The molecule has 2 rings (SSSR count). The van der Waals surface area contributed by atoms with E-state index in [-0.39, 0.29) is 17.9 Å². The molecule has 0 unspecified atom stereocenters. The lowest BCUT2D eigenvalue weighted by molar-refractivity contribution is -0.157. The summed E-state index contributed by atoms with van der Waals surface area (Å²) in [6, 6.07) is 2.07. The third-order valence-corrected chi connectivity index (χ3v) is 4.62. The van der Waals surface area contributed by atoms with Crippen LogP contribution in [0.1, 0.15) is 18.7 Å².